The summed E-state index contributed by atoms with van der Waals surface area (Å²) in [6, 6.07) is 13.8. The van der Waals surface area contributed by atoms with Crippen molar-refractivity contribution in [3.05, 3.63) is 76.6 Å². The van der Waals surface area contributed by atoms with E-state index in [1.54, 1.807) is 41.3 Å². The fourth-order valence-electron chi connectivity index (χ4n) is 3.24. The second-order valence-electron chi connectivity index (χ2n) is 6.85. The van der Waals surface area contributed by atoms with Gasteiger partial charge in [0.05, 0.1) is 17.2 Å². The Morgan fingerprint density at radius 2 is 1.89 bits per heavy atom. The topological polar surface area (TPSA) is 55.2 Å². The molecule has 6 heteroatoms. The molecule has 1 heterocycles. The lowest BCUT2D eigenvalue weighted by Crippen LogP contribution is -2.34. The van der Waals surface area contributed by atoms with E-state index in [9.17, 15) is 14.0 Å². The van der Waals surface area contributed by atoms with E-state index in [1.165, 1.54) is 17.0 Å². The number of fused-ring (bicyclic) bond motifs is 1. The van der Waals surface area contributed by atoms with E-state index in [0.717, 1.165) is 12.8 Å². The van der Waals surface area contributed by atoms with Gasteiger partial charge in [0.2, 0.25) is 5.91 Å². The van der Waals surface area contributed by atoms with Gasteiger partial charge in [0.25, 0.3) is 5.56 Å². The number of carbonyl (C=O) groups is 1. The standard InChI is InChI=1S/C21H20FN3O2/c22-18-7-3-1-5-15(18)13-25(16-9-10-16)20(26)11-12-24-14-23-19-8-4-2-6-17(19)21(24)27/h1-8,14,16H,9-13H2. The Morgan fingerprint density at radius 3 is 2.67 bits per heavy atom. The van der Waals surface area contributed by atoms with Gasteiger partial charge in [-0.3, -0.25) is 14.2 Å². The molecule has 0 bridgehead atoms. The lowest BCUT2D eigenvalue weighted by molar-refractivity contribution is -0.132. The molecule has 0 aliphatic heterocycles. The Kier molecular flexibility index (Phi) is 4.71. The van der Waals surface area contributed by atoms with Gasteiger partial charge in [0.1, 0.15) is 5.82 Å². The highest BCUT2D eigenvalue weighted by atomic mass is 19.1. The molecule has 1 amide bonds. The third kappa shape index (κ3) is 3.74. The van der Waals surface area contributed by atoms with Crippen molar-refractivity contribution in [2.75, 3.05) is 0 Å². The molecule has 0 N–H and O–H groups in total. The molecule has 138 valence electrons. The van der Waals surface area contributed by atoms with Crippen molar-refractivity contribution in [1.29, 1.82) is 0 Å². The Labute approximate surface area is 156 Å². The zero-order valence-electron chi connectivity index (χ0n) is 14.8. The summed E-state index contributed by atoms with van der Waals surface area (Å²) in [5.41, 5.74) is 1.01. The van der Waals surface area contributed by atoms with Gasteiger partial charge in [0, 0.05) is 31.1 Å². The van der Waals surface area contributed by atoms with Crippen LogP contribution in [0.2, 0.25) is 0 Å². The first-order chi connectivity index (χ1) is 13.1. The highest BCUT2D eigenvalue weighted by Crippen LogP contribution is 2.29. The average Bonchev–Trinajstić information content (AvgIpc) is 3.52. The number of carbonyl (C=O) groups excluding carboxylic acids is 1. The molecule has 0 spiro atoms. The van der Waals surface area contributed by atoms with Crippen LogP contribution in [0.4, 0.5) is 4.39 Å². The van der Waals surface area contributed by atoms with Gasteiger partial charge in [0.15, 0.2) is 0 Å². The van der Waals surface area contributed by atoms with Crippen LogP contribution in [0.5, 0.6) is 0 Å². The SMILES string of the molecule is O=C(CCn1cnc2ccccc2c1=O)N(Cc1ccccc1F)C1CC1. The van der Waals surface area contributed by atoms with Crippen molar-refractivity contribution in [2.24, 2.45) is 0 Å². The minimum absolute atomic E-state index is 0.0687. The zero-order valence-corrected chi connectivity index (χ0v) is 14.8. The molecular weight excluding hydrogens is 345 g/mol. The number of aromatic nitrogens is 2. The number of amides is 1. The molecule has 5 nitrogen and oxygen atoms in total. The van der Waals surface area contributed by atoms with Crippen LogP contribution >= 0.6 is 0 Å². The number of halogens is 1. The second kappa shape index (κ2) is 7.31. The molecule has 0 saturated heterocycles. The summed E-state index contributed by atoms with van der Waals surface area (Å²) in [6.45, 7) is 0.525. The first kappa shape index (κ1) is 17.4. The highest BCUT2D eigenvalue weighted by molar-refractivity contribution is 5.78. The van der Waals surface area contributed by atoms with Crippen molar-refractivity contribution in [2.45, 2.75) is 38.4 Å². The van der Waals surface area contributed by atoms with E-state index in [2.05, 4.69) is 4.98 Å². The van der Waals surface area contributed by atoms with E-state index in [4.69, 9.17) is 0 Å². The van der Waals surface area contributed by atoms with Gasteiger partial charge in [-0.25, -0.2) is 9.37 Å². The van der Waals surface area contributed by atoms with Crippen LogP contribution in [-0.4, -0.2) is 26.4 Å². The minimum Gasteiger partial charge on any atom is -0.335 e. The number of benzene rings is 2. The summed E-state index contributed by atoms with van der Waals surface area (Å²) >= 11 is 0. The van der Waals surface area contributed by atoms with E-state index >= 15 is 0 Å². The van der Waals surface area contributed by atoms with E-state index < -0.39 is 0 Å². The molecule has 1 aliphatic rings. The number of rotatable bonds is 6. The fraction of sp³-hybridized carbons (Fsp3) is 0.286. The predicted octanol–water partition coefficient (Wildman–Crippen LogP) is 3.12. The Morgan fingerprint density at radius 1 is 1.15 bits per heavy atom. The maximum atomic E-state index is 14.0. The van der Waals surface area contributed by atoms with Crippen molar-refractivity contribution in [1.82, 2.24) is 14.5 Å². The van der Waals surface area contributed by atoms with Gasteiger partial charge in [-0.05, 0) is 31.0 Å². The molecule has 3 aromatic rings. The number of nitrogens with zero attached hydrogens (tertiary/aromatic N) is 3. The highest BCUT2D eigenvalue weighted by Gasteiger charge is 2.32. The molecule has 1 saturated carbocycles. The molecule has 27 heavy (non-hydrogen) atoms. The molecule has 0 radical (unpaired) electrons. The average molecular weight is 365 g/mol. The largest absolute Gasteiger partial charge is 0.335 e. The summed E-state index contributed by atoms with van der Waals surface area (Å²) in [6.07, 6.45) is 3.55. The van der Waals surface area contributed by atoms with E-state index in [-0.39, 0.29) is 42.8 Å². The number of hydrogen-bond acceptors (Lipinski definition) is 3. The van der Waals surface area contributed by atoms with Crippen LogP contribution in [-0.2, 0) is 17.9 Å². The Balaban J connectivity index is 1.48. The van der Waals surface area contributed by atoms with Crippen molar-refractivity contribution in [3.63, 3.8) is 0 Å². The second-order valence-corrected chi connectivity index (χ2v) is 6.85. The summed E-state index contributed by atoms with van der Waals surface area (Å²) in [5, 5.41) is 0.540. The summed E-state index contributed by atoms with van der Waals surface area (Å²) in [4.78, 5) is 31.3. The summed E-state index contributed by atoms with van der Waals surface area (Å²) in [7, 11) is 0. The van der Waals surface area contributed by atoms with Crippen LogP contribution in [0, 0.1) is 5.82 Å². The van der Waals surface area contributed by atoms with Crippen LogP contribution < -0.4 is 5.56 Å². The molecule has 2 aromatic carbocycles. The quantitative estimate of drug-likeness (QED) is 0.674. The van der Waals surface area contributed by atoms with Crippen molar-refractivity contribution < 1.29 is 9.18 Å². The molecular formula is C21H20FN3O2. The molecule has 4 rings (SSSR count). The maximum absolute atomic E-state index is 14.0. The van der Waals surface area contributed by atoms with Gasteiger partial charge < -0.3 is 4.90 Å². The number of hydrogen-bond donors (Lipinski definition) is 0. The molecule has 1 aliphatic carbocycles. The van der Waals surface area contributed by atoms with Gasteiger partial charge in [-0.1, -0.05) is 30.3 Å². The van der Waals surface area contributed by atoms with Gasteiger partial charge >= 0.3 is 0 Å². The first-order valence-corrected chi connectivity index (χ1v) is 9.10. The normalized spacial score (nSPS) is 13.7. The Hall–Kier alpha value is -3.02. The minimum atomic E-state index is -0.300. The third-order valence-corrected chi connectivity index (χ3v) is 4.90. The predicted molar refractivity (Wildman–Crippen MR) is 101 cm³/mol. The van der Waals surface area contributed by atoms with Crippen LogP contribution in [0.15, 0.2) is 59.7 Å². The zero-order chi connectivity index (χ0) is 18.8. The molecule has 1 aromatic heterocycles. The Bertz CT molecular complexity index is 1040. The number of para-hydroxylation sites is 1. The lowest BCUT2D eigenvalue weighted by Gasteiger charge is -2.23. The smallest absolute Gasteiger partial charge is 0.261 e. The van der Waals surface area contributed by atoms with Gasteiger partial charge in [-0.15, -0.1) is 0 Å². The monoisotopic (exact) mass is 365 g/mol. The maximum Gasteiger partial charge on any atom is 0.261 e. The third-order valence-electron chi connectivity index (χ3n) is 4.90. The lowest BCUT2D eigenvalue weighted by atomic mass is 10.2. The fourth-order valence-corrected chi connectivity index (χ4v) is 3.24. The molecule has 0 unspecified atom stereocenters. The number of aryl methyl sites for hydroxylation is 1. The van der Waals surface area contributed by atoms with Crippen molar-refractivity contribution >= 4 is 16.8 Å². The summed E-state index contributed by atoms with van der Waals surface area (Å²) in [5.74, 6) is -0.369. The molecule has 0 atom stereocenters. The van der Waals surface area contributed by atoms with Crippen LogP contribution in [0.1, 0.15) is 24.8 Å². The van der Waals surface area contributed by atoms with Gasteiger partial charge in [-0.2, -0.15) is 0 Å². The van der Waals surface area contributed by atoms with Crippen molar-refractivity contribution in [3.8, 4) is 0 Å². The first-order valence-electron chi connectivity index (χ1n) is 9.10. The van der Waals surface area contributed by atoms with Crippen LogP contribution in [0.25, 0.3) is 10.9 Å². The molecule has 1 fully saturated rings. The van der Waals surface area contributed by atoms with Crippen LogP contribution in [0.3, 0.4) is 0 Å². The van der Waals surface area contributed by atoms with E-state index in [0.29, 0.717) is 16.5 Å². The van der Waals surface area contributed by atoms with E-state index in [1.807, 2.05) is 6.07 Å². The summed E-state index contributed by atoms with van der Waals surface area (Å²) < 4.78 is 15.4.